The Bertz CT molecular complexity index is 278. The van der Waals surface area contributed by atoms with Gasteiger partial charge in [-0.1, -0.05) is 0 Å². The van der Waals surface area contributed by atoms with Crippen LogP contribution in [-0.2, 0) is 14.8 Å². The summed E-state index contributed by atoms with van der Waals surface area (Å²) in [6.45, 7) is 6.47. The first-order chi connectivity index (χ1) is 7.33. The molecule has 0 atom stereocenters. The van der Waals surface area contributed by atoms with Crippen LogP contribution >= 0.6 is 11.6 Å². The number of ether oxygens (including phenoxy) is 1. The minimum Gasteiger partial charge on any atom is -0.375 e. The topological polar surface area (TPSA) is 55.4 Å². The van der Waals surface area contributed by atoms with Gasteiger partial charge in [-0.15, -0.1) is 11.6 Å². The fraction of sp³-hybridized carbons (Fsp3) is 1.00. The monoisotopic (exact) mass is 271 g/mol. The van der Waals surface area contributed by atoms with Crippen LogP contribution in [0.2, 0.25) is 0 Å². The second-order valence-electron chi connectivity index (χ2n) is 4.23. The molecule has 0 heterocycles. The summed E-state index contributed by atoms with van der Waals surface area (Å²) < 4.78 is 31.0. The minimum atomic E-state index is -3.19. The average molecular weight is 272 g/mol. The van der Waals surface area contributed by atoms with Crippen LogP contribution in [0.1, 0.15) is 33.6 Å². The number of hydrogen-bond donors (Lipinski definition) is 1. The zero-order valence-corrected chi connectivity index (χ0v) is 11.8. The number of nitrogens with one attached hydrogen (secondary N) is 1. The lowest BCUT2D eigenvalue weighted by Gasteiger charge is -2.24. The fourth-order valence-electron chi connectivity index (χ4n) is 1.18. The maximum absolute atomic E-state index is 11.5. The molecule has 0 amide bonds. The lowest BCUT2D eigenvalue weighted by molar-refractivity contribution is -0.00514. The van der Waals surface area contributed by atoms with Gasteiger partial charge in [0.15, 0.2) is 0 Å². The maximum Gasteiger partial charge on any atom is 0.211 e. The van der Waals surface area contributed by atoms with Crippen LogP contribution in [0.3, 0.4) is 0 Å². The summed E-state index contributed by atoms with van der Waals surface area (Å²) in [5.41, 5.74) is -0.464. The van der Waals surface area contributed by atoms with E-state index in [9.17, 15) is 8.42 Å². The summed E-state index contributed by atoms with van der Waals surface area (Å²) in [5, 5.41) is 0. The predicted octanol–water partition coefficient (Wildman–Crippen LogP) is 1.74. The normalized spacial score (nSPS) is 13.0. The van der Waals surface area contributed by atoms with Gasteiger partial charge < -0.3 is 4.74 Å². The van der Waals surface area contributed by atoms with Crippen LogP contribution in [0.5, 0.6) is 0 Å². The maximum atomic E-state index is 11.5. The number of alkyl halides is 1. The highest BCUT2D eigenvalue weighted by Gasteiger charge is 2.20. The van der Waals surface area contributed by atoms with Crippen molar-refractivity contribution in [3.05, 3.63) is 0 Å². The summed E-state index contributed by atoms with van der Waals surface area (Å²) in [5.74, 6) is 0.627. The van der Waals surface area contributed by atoms with Gasteiger partial charge in [0.25, 0.3) is 0 Å². The minimum absolute atomic E-state index is 0.127. The van der Waals surface area contributed by atoms with Crippen molar-refractivity contribution in [3.8, 4) is 0 Å². The van der Waals surface area contributed by atoms with Crippen molar-refractivity contribution < 1.29 is 13.2 Å². The van der Waals surface area contributed by atoms with Crippen LogP contribution in [0, 0.1) is 0 Å². The van der Waals surface area contributed by atoms with E-state index in [0.717, 1.165) is 6.42 Å². The van der Waals surface area contributed by atoms with Crippen LogP contribution in [0.15, 0.2) is 0 Å². The molecule has 0 bridgehead atoms. The molecule has 98 valence electrons. The Balaban J connectivity index is 3.98. The van der Waals surface area contributed by atoms with Gasteiger partial charge in [0.2, 0.25) is 10.0 Å². The van der Waals surface area contributed by atoms with Gasteiger partial charge in [-0.3, -0.25) is 0 Å². The van der Waals surface area contributed by atoms with Crippen molar-refractivity contribution in [2.75, 3.05) is 24.8 Å². The molecule has 0 aromatic heterocycles. The highest BCUT2D eigenvalue weighted by molar-refractivity contribution is 7.89. The molecule has 1 N–H and O–H groups in total. The van der Waals surface area contributed by atoms with Gasteiger partial charge in [0, 0.05) is 19.0 Å². The first kappa shape index (κ1) is 16.2. The summed E-state index contributed by atoms with van der Waals surface area (Å²) in [4.78, 5) is 0. The molecule has 0 saturated carbocycles. The van der Waals surface area contributed by atoms with Crippen molar-refractivity contribution in [2.24, 2.45) is 0 Å². The first-order valence-corrected chi connectivity index (χ1v) is 7.69. The molecule has 0 unspecified atom stereocenters. The van der Waals surface area contributed by atoms with Crippen molar-refractivity contribution in [1.82, 2.24) is 4.72 Å². The molecule has 0 spiro atoms. The van der Waals surface area contributed by atoms with Crippen molar-refractivity contribution in [3.63, 3.8) is 0 Å². The van der Waals surface area contributed by atoms with Crippen molar-refractivity contribution in [1.29, 1.82) is 0 Å². The SMILES string of the molecule is CCOC(C)(C)CNS(=O)(=O)CCCCCl. The molecule has 0 aliphatic rings. The number of sulfonamides is 1. The Morgan fingerprint density at radius 2 is 1.94 bits per heavy atom. The van der Waals surface area contributed by atoms with Crippen LogP contribution in [0.25, 0.3) is 0 Å². The molecule has 0 saturated heterocycles. The summed E-state index contributed by atoms with van der Waals surface area (Å²) in [6.07, 6.45) is 1.31. The zero-order chi connectivity index (χ0) is 12.7. The van der Waals surface area contributed by atoms with Gasteiger partial charge in [-0.25, -0.2) is 13.1 Å². The Kier molecular flexibility index (Phi) is 7.55. The van der Waals surface area contributed by atoms with Crippen molar-refractivity contribution in [2.45, 2.75) is 39.2 Å². The van der Waals surface area contributed by atoms with E-state index in [-0.39, 0.29) is 5.75 Å². The third-order valence-corrected chi connectivity index (χ3v) is 3.73. The van der Waals surface area contributed by atoms with Gasteiger partial charge in [-0.05, 0) is 33.6 Å². The van der Waals surface area contributed by atoms with Gasteiger partial charge in [0.1, 0.15) is 0 Å². The molecule has 4 nitrogen and oxygen atoms in total. The molecule has 16 heavy (non-hydrogen) atoms. The average Bonchev–Trinajstić information content (AvgIpc) is 2.16. The van der Waals surface area contributed by atoms with Gasteiger partial charge in [0.05, 0.1) is 11.4 Å². The van der Waals surface area contributed by atoms with E-state index >= 15 is 0 Å². The molecular formula is C10H22ClNO3S. The third kappa shape index (κ3) is 8.33. The molecule has 6 heteroatoms. The molecule has 0 aromatic carbocycles. The first-order valence-electron chi connectivity index (χ1n) is 5.50. The second-order valence-corrected chi connectivity index (χ2v) is 6.53. The van der Waals surface area contributed by atoms with Crippen LogP contribution < -0.4 is 4.72 Å². The Labute approximate surface area is 104 Å². The molecule has 0 aliphatic carbocycles. The van der Waals surface area contributed by atoms with Gasteiger partial charge >= 0.3 is 0 Å². The number of unbranched alkanes of at least 4 members (excludes halogenated alkanes) is 1. The predicted molar refractivity (Wildman–Crippen MR) is 67.4 cm³/mol. The quantitative estimate of drug-likeness (QED) is 0.513. The van der Waals surface area contributed by atoms with E-state index in [0.29, 0.717) is 25.5 Å². The van der Waals surface area contributed by atoms with E-state index in [2.05, 4.69) is 4.72 Å². The van der Waals surface area contributed by atoms with Crippen molar-refractivity contribution >= 4 is 21.6 Å². The molecule has 0 aliphatic heterocycles. The van der Waals surface area contributed by atoms with E-state index in [4.69, 9.17) is 16.3 Å². The van der Waals surface area contributed by atoms with E-state index in [1.807, 2.05) is 20.8 Å². The van der Waals surface area contributed by atoms with E-state index < -0.39 is 15.6 Å². The fourth-order valence-corrected chi connectivity index (χ4v) is 2.67. The molecule has 0 fully saturated rings. The summed E-state index contributed by atoms with van der Waals surface area (Å²) in [6, 6.07) is 0. The highest BCUT2D eigenvalue weighted by atomic mass is 35.5. The standard InChI is InChI=1S/C10H22ClNO3S/c1-4-15-10(2,3)9-12-16(13,14)8-6-5-7-11/h12H,4-9H2,1-3H3. The second kappa shape index (κ2) is 7.48. The number of halogens is 1. The molecule has 0 aromatic rings. The summed E-state index contributed by atoms with van der Waals surface area (Å²) >= 11 is 5.49. The number of hydrogen-bond acceptors (Lipinski definition) is 3. The third-order valence-electron chi connectivity index (χ3n) is 2.05. The van der Waals surface area contributed by atoms with Crippen LogP contribution in [0.4, 0.5) is 0 Å². The lowest BCUT2D eigenvalue weighted by atomic mass is 10.1. The zero-order valence-electron chi connectivity index (χ0n) is 10.3. The molecule has 0 rings (SSSR count). The molecule has 0 radical (unpaired) electrons. The smallest absolute Gasteiger partial charge is 0.211 e. The lowest BCUT2D eigenvalue weighted by Crippen LogP contribution is -2.41. The van der Waals surface area contributed by atoms with Gasteiger partial charge in [-0.2, -0.15) is 0 Å². The Morgan fingerprint density at radius 3 is 2.44 bits per heavy atom. The summed E-state index contributed by atoms with van der Waals surface area (Å²) in [7, 11) is -3.19. The van der Waals surface area contributed by atoms with Crippen LogP contribution in [-0.4, -0.2) is 38.8 Å². The molecular weight excluding hydrogens is 250 g/mol. The highest BCUT2D eigenvalue weighted by Crippen LogP contribution is 2.08. The Hall–Kier alpha value is 0.160. The van der Waals surface area contributed by atoms with E-state index in [1.165, 1.54) is 0 Å². The van der Waals surface area contributed by atoms with E-state index in [1.54, 1.807) is 0 Å². The largest absolute Gasteiger partial charge is 0.375 e. The Morgan fingerprint density at radius 1 is 1.31 bits per heavy atom. The number of rotatable bonds is 9.